The summed E-state index contributed by atoms with van der Waals surface area (Å²) in [5, 5.41) is 0. The Labute approximate surface area is 226 Å². The second-order valence-corrected chi connectivity index (χ2v) is 11.9. The molecule has 0 saturated heterocycles. The van der Waals surface area contributed by atoms with Gasteiger partial charge in [-0.2, -0.15) is 0 Å². The largest absolute Gasteiger partial charge is 0.309 e. The number of anilines is 3. The molecule has 2 heterocycles. The molecule has 0 unspecified atom stereocenters. The fourth-order valence-electron chi connectivity index (χ4n) is 6.90. The summed E-state index contributed by atoms with van der Waals surface area (Å²) in [5.41, 5.74) is 15.7. The lowest BCUT2D eigenvalue weighted by Gasteiger charge is -2.49. The maximum atomic E-state index is 2.53. The minimum absolute atomic E-state index is 0.0571. The molecular weight excluding hydrogens is 458 g/mol. The summed E-state index contributed by atoms with van der Waals surface area (Å²) in [6, 6.07) is 40.5. The number of hydrogen-bond acceptors (Lipinski definition) is 1. The van der Waals surface area contributed by atoms with Gasteiger partial charge in [0, 0.05) is 10.8 Å². The van der Waals surface area contributed by atoms with E-state index < -0.39 is 0 Å². The van der Waals surface area contributed by atoms with Crippen LogP contribution in [0.15, 0.2) is 109 Å². The van der Waals surface area contributed by atoms with E-state index in [4.69, 9.17) is 0 Å². The van der Waals surface area contributed by atoms with Crippen molar-refractivity contribution in [3.05, 3.63) is 137 Å². The molecular formula is C37H33N. The Balaban J connectivity index is 1.49. The van der Waals surface area contributed by atoms with Gasteiger partial charge in [0.05, 0.1) is 17.1 Å². The van der Waals surface area contributed by atoms with Crippen molar-refractivity contribution in [3.8, 4) is 22.3 Å². The van der Waals surface area contributed by atoms with E-state index >= 15 is 0 Å². The van der Waals surface area contributed by atoms with Crippen LogP contribution in [0.1, 0.15) is 55.5 Å². The van der Waals surface area contributed by atoms with Gasteiger partial charge in [-0.15, -0.1) is 0 Å². The van der Waals surface area contributed by atoms with Gasteiger partial charge in [-0.05, 0) is 75.2 Å². The lowest BCUT2D eigenvalue weighted by atomic mass is 9.66. The molecule has 186 valence electrons. The molecule has 1 heteroatoms. The van der Waals surface area contributed by atoms with Crippen LogP contribution in [-0.2, 0) is 10.8 Å². The first-order chi connectivity index (χ1) is 18.3. The number of fused-ring (bicyclic) bond motifs is 4. The molecule has 0 saturated carbocycles. The van der Waals surface area contributed by atoms with Crippen LogP contribution in [-0.4, -0.2) is 0 Å². The summed E-state index contributed by atoms with van der Waals surface area (Å²) in [6.07, 6.45) is 0. The standard InChI is InChI=1S/C37H33N/c1-24-13-6-7-14-26(24)28-16-9-8-15-27(28)25-21-22-34-32(23-25)37(4,5)31-19-12-18-30-35(31)38(34)33-20-11-10-17-29(33)36(30,2)3/h6-23H,1-5H3. The molecule has 2 aliphatic rings. The molecule has 38 heavy (non-hydrogen) atoms. The first-order valence-electron chi connectivity index (χ1n) is 13.6. The van der Waals surface area contributed by atoms with Crippen LogP contribution in [0, 0.1) is 6.92 Å². The van der Waals surface area contributed by atoms with Crippen LogP contribution in [0.25, 0.3) is 22.3 Å². The Hall–Kier alpha value is -4.10. The van der Waals surface area contributed by atoms with Gasteiger partial charge in [-0.3, -0.25) is 0 Å². The molecule has 0 radical (unpaired) electrons. The van der Waals surface area contributed by atoms with Crippen molar-refractivity contribution in [1.29, 1.82) is 0 Å². The predicted molar refractivity (Wildman–Crippen MR) is 161 cm³/mol. The molecule has 5 aromatic rings. The zero-order valence-corrected chi connectivity index (χ0v) is 22.8. The van der Waals surface area contributed by atoms with Crippen molar-refractivity contribution in [2.45, 2.75) is 45.4 Å². The summed E-state index contributed by atoms with van der Waals surface area (Å²) < 4.78 is 0. The van der Waals surface area contributed by atoms with Crippen molar-refractivity contribution < 1.29 is 0 Å². The average molecular weight is 492 g/mol. The van der Waals surface area contributed by atoms with E-state index in [1.54, 1.807) is 0 Å². The molecule has 0 bridgehead atoms. The van der Waals surface area contributed by atoms with Crippen LogP contribution in [0.3, 0.4) is 0 Å². The second kappa shape index (κ2) is 7.95. The van der Waals surface area contributed by atoms with E-state index in [0.29, 0.717) is 0 Å². The number of hydrogen-bond donors (Lipinski definition) is 0. The van der Waals surface area contributed by atoms with Gasteiger partial charge in [0.1, 0.15) is 0 Å². The van der Waals surface area contributed by atoms with Gasteiger partial charge in [0.15, 0.2) is 0 Å². The normalized spacial score (nSPS) is 15.9. The fourth-order valence-corrected chi connectivity index (χ4v) is 6.90. The summed E-state index contributed by atoms with van der Waals surface area (Å²) in [7, 11) is 0. The monoisotopic (exact) mass is 491 g/mol. The highest BCUT2D eigenvalue weighted by Gasteiger charge is 2.45. The first-order valence-corrected chi connectivity index (χ1v) is 13.6. The van der Waals surface area contributed by atoms with Crippen molar-refractivity contribution in [1.82, 2.24) is 0 Å². The van der Waals surface area contributed by atoms with Gasteiger partial charge in [0.25, 0.3) is 0 Å². The Morgan fingerprint density at radius 2 is 1.03 bits per heavy atom. The van der Waals surface area contributed by atoms with E-state index in [-0.39, 0.29) is 10.8 Å². The van der Waals surface area contributed by atoms with E-state index in [1.165, 1.54) is 67.1 Å². The van der Waals surface area contributed by atoms with E-state index in [1.807, 2.05) is 0 Å². The SMILES string of the molecule is Cc1ccccc1-c1ccccc1-c1ccc2c(c1)C(C)(C)c1cccc3c1N2c1ccccc1C3(C)C. The maximum Gasteiger partial charge on any atom is 0.0543 e. The topological polar surface area (TPSA) is 3.24 Å². The smallest absolute Gasteiger partial charge is 0.0543 e. The van der Waals surface area contributed by atoms with Crippen LogP contribution >= 0.6 is 0 Å². The number of para-hydroxylation sites is 2. The molecule has 0 atom stereocenters. The number of benzene rings is 5. The molecule has 0 N–H and O–H groups in total. The number of rotatable bonds is 2. The lowest BCUT2D eigenvalue weighted by Crippen LogP contribution is -2.38. The maximum absolute atomic E-state index is 2.53. The zero-order valence-electron chi connectivity index (χ0n) is 22.8. The molecule has 0 fully saturated rings. The van der Waals surface area contributed by atoms with Gasteiger partial charge in [-0.25, -0.2) is 0 Å². The average Bonchev–Trinajstić information content (AvgIpc) is 2.93. The number of nitrogens with zero attached hydrogens (tertiary/aromatic N) is 1. The van der Waals surface area contributed by atoms with Crippen molar-refractivity contribution >= 4 is 17.1 Å². The third-order valence-electron chi connectivity index (χ3n) is 9.01. The van der Waals surface area contributed by atoms with Crippen molar-refractivity contribution in [3.63, 3.8) is 0 Å². The highest BCUT2D eigenvalue weighted by atomic mass is 15.2. The lowest BCUT2D eigenvalue weighted by molar-refractivity contribution is 0.597. The van der Waals surface area contributed by atoms with Crippen LogP contribution in [0.4, 0.5) is 17.1 Å². The van der Waals surface area contributed by atoms with E-state index in [0.717, 1.165) is 0 Å². The molecule has 0 aliphatic carbocycles. The van der Waals surface area contributed by atoms with Crippen LogP contribution < -0.4 is 4.90 Å². The molecule has 7 rings (SSSR count). The highest BCUT2D eigenvalue weighted by Crippen LogP contribution is 2.60. The minimum Gasteiger partial charge on any atom is -0.309 e. The Bertz CT molecular complexity index is 1740. The summed E-state index contributed by atoms with van der Waals surface area (Å²) >= 11 is 0. The van der Waals surface area contributed by atoms with Crippen LogP contribution in [0.5, 0.6) is 0 Å². The van der Waals surface area contributed by atoms with Crippen molar-refractivity contribution in [2.75, 3.05) is 4.90 Å². The van der Waals surface area contributed by atoms with Gasteiger partial charge >= 0.3 is 0 Å². The summed E-state index contributed by atoms with van der Waals surface area (Å²) in [5.74, 6) is 0. The minimum atomic E-state index is -0.132. The number of aryl methyl sites for hydroxylation is 1. The van der Waals surface area contributed by atoms with Gasteiger partial charge < -0.3 is 4.90 Å². The second-order valence-electron chi connectivity index (χ2n) is 11.9. The third-order valence-corrected chi connectivity index (χ3v) is 9.01. The summed E-state index contributed by atoms with van der Waals surface area (Å²) in [4.78, 5) is 2.53. The molecule has 0 spiro atoms. The molecule has 0 amide bonds. The molecule has 2 aliphatic heterocycles. The van der Waals surface area contributed by atoms with Gasteiger partial charge in [-0.1, -0.05) is 119 Å². The zero-order chi connectivity index (χ0) is 26.2. The Morgan fingerprint density at radius 3 is 1.76 bits per heavy atom. The van der Waals surface area contributed by atoms with E-state index in [2.05, 4.69) is 149 Å². The quantitative estimate of drug-likeness (QED) is 0.237. The third kappa shape index (κ3) is 3.05. The molecule has 1 nitrogen and oxygen atoms in total. The molecule has 0 aromatic heterocycles. The van der Waals surface area contributed by atoms with E-state index in [9.17, 15) is 0 Å². The van der Waals surface area contributed by atoms with Crippen molar-refractivity contribution in [2.24, 2.45) is 0 Å². The van der Waals surface area contributed by atoms with Gasteiger partial charge in [0.2, 0.25) is 0 Å². The Kier molecular flexibility index (Phi) is 4.82. The Morgan fingerprint density at radius 1 is 0.474 bits per heavy atom. The first kappa shape index (κ1) is 23.0. The highest BCUT2D eigenvalue weighted by molar-refractivity contribution is 5.94. The predicted octanol–water partition coefficient (Wildman–Crippen LogP) is 10.1. The molecule has 5 aromatic carbocycles. The summed E-state index contributed by atoms with van der Waals surface area (Å²) in [6.45, 7) is 11.7. The van der Waals surface area contributed by atoms with Crippen LogP contribution in [0.2, 0.25) is 0 Å². The fraction of sp³-hybridized carbons (Fsp3) is 0.189.